The second-order valence-corrected chi connectivity index (χ2v) is 15.2. The fourth-order valence-corrected chi connectivity index (χ4v) is 14.5. The number of ether oxygens (including phenoxy) is 2. The summed E-state index contributed by atoms with van der Waals surface area (Å²) in [6.45, 7) is 4.16. The fraction of sp³-hybridized carbons (Fsp3) is 1.00. The summed E-state index contributed by atoms with van der Waals surface area (Å²) >= 11 is 4.52. The summed E-state index contributed by atoms with van der Waals surface area (Å²) in [4.78, 5) is 0. The van der Waals surface area contributed by atoms with Crippen LogP contribution in [-0.4, -0.2) is 90.3 Å². The molecule has 3 fully saturated rings. The predicted molar refractivity (Wildman–Crippen MR) is 82.8 cm³/mol. The van der Waals surface area contributed by atoms with E-state index in [9.17, 15) is 0 Å². The zero-order chi connectivity index (χ0) is 12.2. The van der Waals surface area contributed by atoms with Gasteiger partial charge < -0.3 is 0 Å². The van der Waals surface area contributed by atoms with Crippen molar-refractivity contribution in [3.63, 3.8) is 0 Å². The van der Waals surface area contributed by atoms with Crippen LogP contribution in [0.4, 0.5) is 0 Å². The second-order valence-electron chi connectivity index (χ2n) is 4.80. The molecule has 0 aromatic rings. The molecule has 0 aliphatic carbocycles. The number of rotatable bonds is 8. The Morgan fingerprint density at radius 1 is 0.778 bits per heavy atom. The molecule has 3 rings (SSSR count). The van der Waals surface area contributed by atoms with Crippen LogP contribution in [-0.2, 0) is 9.47 Å². The van der Waals surface area contributed by atoms with Crippen LogP contribution >= 0.6 is 23.5 Å². The normalized spacial score (nSPS) is 38.7. The zero-order valence-corrected chi connectivity index (χ0v) is 16.7. The van der Waals surface area contributed by atoms with Gasteiger partial charge in [-0.25, -0.2) is 0 Å². The maximum atomic E-state index is 5.94. The van der Waals surface area contributed by atoms with Crippen molar-refractivity contribution in [3.8, 4) is 0 Å². The van der Waals surface area contributed by atoms with Gasteiger partial charge in [-0.05, 0) is 0 Å². The number of hydrogen-bond donors (Lipinski definition) is 0. The van der Waals surface area contributed by atoms with Gasteiger partial charge in [-0.2, -0.15) is 0 Å². The van der Waals surface area contributed by atoms with E-state index in [1.165, 1.54) is 11.5 Å². The van der Waals surface area contributed by atoms with Crippen LogP contribution in [0.15, 0.2) is 0 Å². The first-order chi connectivity index (χ1) is 8.92. The predicted octanol–water partition coefficient (Wildman–Crippen LogP) is 2.09. The van der Waals surface area contributed by atoms with Gasteiger partial charge in [0.25, 0.3) is 0 Å². The molecule has 0 aromatic heterocycles. The summed E-state index contributed by atoms with van der Waals surface area (Å²) in [7, 11) is 0. The Bertz CT molecular complexity index is 236. The number of thioether (sulfide) groups is 2. The average molecular weight is 516 g/mol. The van der Waals surface area contributed by atoms with Crippen molar-refractivity contribution in [1.29, 1.82) is 0 Å². The van der Waals surface area contributed by atoms with Gasteiger partial charge in [0.15, 0.2) is 0 Å². The van der Waals surface area contributed by atoms with Crippen LogP contribution in [0.25, 0.3) is 0 Å². The Morgan fingerprint density at radius 3 is 1.61 bits per heavy atom. The van der Waals surface area contributed by atoms with E-state index in [1.54, 1.807) is 8.94 Å². The Hall–Kier alpha value is 2.20. The van der Waals surface area contributed by atoms with Crippen molar-refractivity contribution in [3.05, 3.63) is 0 Å². The topological polar surface area (TPSA) is 18.5 Å². The average Bonchev–Trinajstić information content (AvgIpc) is 3.25. The van der Waals surface area contributed by atoms with Gasteiger partial charge in [-0.15, -0.1) is 0 Å². The van der Waals surface area contributed by atoms with E-state index in [0.717, 1.165) is 44.9 Å². The van der Waals surface area contributed by atoms with E-state index in [1.807, 2.05) is 23.5 Å². The third-order valence-electron chi connectivity index (χ3n) is 3.14. The molecule has 3 heterocycles. The van der Waals surface area contributed by atoms with E-state index in [2.05, 4.69) is 0 Å². The maximum absolute atomic E-state index is 5.94. The molecule has 104 valence electrons. The molecule has 0 saturated carbocycles. The molecule has 4 atom stereocenters. The molecule has 3 saturated heterocycles. The van der Waals surface area contributed by atoms with E-state index < -0.39 is 0 Å². The first-order valence-electron chi connectivity index (χ1n) is 6.54. The molecular weight excluding hydrogens is 495 g/mol. The Balaban J connectivity index is 1.33. The SMILES string of the molecule is C1C[Te]C(COCC2CS2)C(COCC2CS2)[Te]1. The van der Waals surface area contributed by atoms with E-state index in [-0.39, 0.29) is 41.8 Å². The standard InChI is InChI=1S/C12H20O2S2Te2/c1-2-18-12(6-14-4-10-8-16-10)11(17-1)5-13-3-9-7-15-9/h9-12H,1-8H2. The van der Waals surface area contributed by atoms with Gasteiger partial charge in [0, 0.05) is 0 Å². The van der Waals surface area contributed by atoms with Gasteiger partial charge >= 0.3 is 140 Å². The summed E-state index contributed by atoms with van der Waals surface area (Å²) < 4.78 is 16.9. The molecule has 0 aromatic carbocycles. The van der Waals surface area contributed by atoms with Gasteiger partial charge in [0.05, 0.1) is 0 Å². The Morgan fingerprint density at radius 2 is 1.22 bits per heavy atom. The molecule has 3 aliphatic heterocycles. The van der Waals surface area contributed by atoms with E-state index in [0.29, 0.717) is 0 Å². The number of hydrogen-bond acceptors (Lipinski definition) is 4. The molecule has 0 N–H and O–H groups in total. The second kappa shape index (κ2) is 8.00. The van der Waals surface area contributed by atoms with Gasteiger partial charge in [0.2, 0.25) is 0 Å². The summed E-state index contributed by atoms with van der Waals surface area (Å²) in [6.07, 6.45) is 0. The van der Waals surface area contributed by atoms with Crippen LogP contribution in [0, 0.1) is 0 Å². The van der Waals surface area contributed by atoms with E-state index >= 15 is 0 Å². The zero-order valence-electron chi connectivity index (χ0n) is 10.4. The monoisotopic (exact) mass is 520 g/mol. The minimum atomic E-state index is 0.214. The van der Waals surface area contributed by atoms with Crippen molar-refractivity contribution < 1.29 is 9.47 Å². The summed E-state index contributed by atoms with van der Waals surface area (Å²) in [6, 6.07) is 0. The molecule has 0 amide bonds. The first kappa shape index (κ1) is 15.1. The van der Waals surface area contributed by atoms with Gasteiger partial charge in [0.1, 0.15) is 0 Å². The summed E-state index contributed by atoms with van der Waals surface area (Å²) in [5.41, 5.74) is 0. The summed E-state index contributed by atoms with van der Waals surface area (Å²) in [5.74, 6) is 2.67. The van der Waals surface area contributed by atoms with Crippen LogP contribution in [0.1, 0.15) is 0 Å². The first-order valence-corrected chi connectivity index (χ1v) is 14.6. The Labute approximate surface area is 139 Å². The van der Waals surface area contributed by atoms with Crippen molar-refractivity contribution >= 4 is 65.4 Å². The quantitative estimate of drug-likeness (QED) is 0.364. The third-order valence-corrected chi connectivity index (χ3v) is 16.8. The van der Waals surface area contributed by atoms with Gasteiger partial charge in [-0.1, -0.05) is 0 Å². The molecule has 18 heavy (non-hydrogen) atoms. The molecule has 0 spiro atoms. The molecule has 6 heteroatoms. The fourth-order valence-electron chi connectivity index (χ4n) is 1.88. The van der Waals surface area contributed by atoms with Crippen molar-refractivity contribution in [1.82, 2.24) is 0 Å². The van der Waals surface area contributed by atoms with Crippen molar-refractivity contribution in [2.45, 2.75) is 27.4 Å². The van der Waals surface area contributed by atoms with Crippen LogP contribution in [0.2, 0.25) is 16.9 Å². The van der Waals surface area contributed by atoms with E-state index in [4.69, 9.17) is 9.47 Å². The van der Waals surface area contributed by atoms with Crippen LogP contribution < -0.4 is 0 Å². The minimum absolute atomic E-state index is 0.214. The van der Waals surface area contributed by atoms with Crippen LogP contribution in [0.5, 0.6) is 0 Å². The third kappa shape index (κ3) is 5.53. The summed E-state index contributed by atoms with van der Waals surface area (Å²) in [5, 5.41) is 1.68. The molecule has 3 aliphatic rings. The molecule has 2 nitrogen and oxygen atoms in total. The Kier molecular flexibility index (Phi) is 6.71. The molecule has 0 radical (unpaired) electrons. The van der Waals surface area contributed by atoms with Crippen molar-refractivity contribution in [2.75, 3.05) is 37.9 Å². The molecular formula is C12H20O2S2Te2. The molecule has 4 unspecified atom stereocenters. The van der Waals surface area contributed by atoms with Gasteiger partial charge in [-0.3, -0.25) is 0 Å². The van der Waals surface area contributed by atoms with Crippen molar-refractivity contribution in [2.24, 2.45) is 0 Å². The van der Waals surface area contributed by atoms with Crippen LogP contribution in [0.3, 0.4) is 0 Å². The molecule has 0 bridgehead atoms.